The number of aliphatic hydroxyl groups excluding tert-OH is 1. The zero-order chi connectivity index (χ0) is 18.7. The van der Waals surface area contributed by atoms with Crippen LogP contribution >= 0.6 is 23.2 Å². The highest BCUT2D eigenvalue weighted by Crippen LogP contribution is 2.44. The van der Waals surface area contributed by atoms with Crippen LogP contribution in [0.1, 0.15) is 49.4 Å². The number of rotatable bonds is 5. The van der Waals surface area contributed by atoms with Crippen LogP contribution in [0.25, 0.3) is 0 Å². The Hall–Kier alpha value is -1.62. The van der Waals surface area contributed by atoms with Gasteiger partial charge in [0.05, 0.1) is 29.4 Å². The van der Waals surface area contributed by atoms with Gasteiger partial charge in [-0.2, -0.15) is 0 Å². The van der Waals surface area contributed by atoms with Gasteiger partial charge in [0.15, 0.2) is 0 Å². The van der Waals surface area contributed by atoms with Gasteiger partial charge in [0.1, 0.15) is 0 Å². The predicted molar refractivity (Wildman–Crippen MR) is 103 cm³/mol. The number of hydrogen-bond donors (Lipinski definition) is 1. The average molecular weight is 393 g/mol. The molecule has 0 unspecified atom stereocenters. The van der Waals surface area contributed by atoms with E-state index in [9.17, 15) is 9.90 Å². The molecular formula is C20H22Cl2N2O2. The monoisotopic (exact) mass is 392 g/mol. The number of benzene rings is 1. The van der Waals surface area contributed by atoms with Crippen molar-refractivity contribution in [3.8, 4) is 0 Å². The van der Waals surface area contributed by atoms with Crippen molar-refractivity contribution < 1.29 is 9.90 Å². The summed E-state index contributed by atoms with van der Waals surface area (Å²) in [5.41, 5.74) is 1.85. The fraction of sp³-hybridized carbons (Fsp3) is 0.400. The Bertz CT molecular complexity index is 763. The molecule has 2 aromatic rings. The van der Waals surface area contributed by atoms with Gasteiger partial charge in [-0.1, -0.05) is 42.3 Å². The van der Waals surface area contributed by atoms with Crippen LogP contribution in [0.15, 0.2) is 42.6 Å². The smallest absolute Gasteiger partial charge is 0.223 e. The van der Waals surface area contributed by atoms with Gasteiger partial charge in [0, 0.05) is 23.6 Å². The van der Waals surface area contributed by atoms with Crippen LogP contribution in [-0.2, 0) is 4.79 Å². The summed E-state index contributed by atoms with van der Waals surface area (Å²) in [6, 6.07) is 10.9. The fourth-order valence-electron chi connectivity index (χ4n) is 3.76. The van der Waals surface area contributed by atoms with E-state index in [4.69, 9.17) is 23.2 Å². The molecule has 0 radical (unpaired) electrons. The molecule has 0 aliphatic carbocycles. The Kier molecular flexibility index (Phi) is 6.17. The van der Waals surface area contributed by atoms with Crippen molar-refractivity contribution in [2.75, 3.05) is 6.61 Å². The second-order valence-electron chi connectivity index (χ2n) is 6.59. The maximum absolute atomic E-state index is 12.8. The van der Waals surface area contributed by atoms with Gasteiger partial charge in [-0.25, -0.2) is 0 Å². The van der Waals surface area contributed by atoms with E-state index in [1.807, 2.05) is 42.2 Å². The van der Waals surface area contributed by atoms with Crippen LogP contribution in [0.5, 0.6) is 0 Å². The van der Waals surface area contributed by atoms with Gasteiger partial charge in [-0.15, -0.1) is 0 Å². The first-order valence-corrected chi connectivity index (χ1v) is 9.59. The van der Waals surface area contributed by atoms with Crippen molar-refractivity contribution >= 4 is 29.1 Å². The molecule has 0 saturated carbocycles. The van der Waals surface area contributed by atoms with E-state index in [2.05, 4.69) is 4.98 Å². The molecule has 2 heterocycles. The summed E-state index contributed by atoms with van der Waals surface area (Å²) in [6.07, 6.45) is 3.43. The SMILES string of the molecule is CC[C@@H](CO)N1C(=O)CC[C@H](c2cccc(Cl)c2)[C@H]1c1ccc(Cl)cn1. The lowest BCUT2D eigenvalue weighted by Crippen LogP contribution is -2.49. The van der Waals surface area contributed by atoms with E-state index in [0.717, 1.165) is 11.3 Å². The maximum Gasteiger partial charge on any atom is 0.223 e. The summed E-state index contributed by atoms with van der Waals surface area (Å²) in [4.78, 5) is 19.1. The molecular weight excluding hydrogens is 371 g/mol. The fourth-order valence-corrected chi connectivity index (χ4v) is 4.07. The van der Waals surface area contributed by atoms with E-state index < -0.39 is 0 Å². The first-order valence-electron chi connectivity index (χ1n) is 8.84. The molecule has 1 aromatic carbocycles. The number of piperidine rings is 1. The van der Waals surface area contributed by atoms with Gasteiger partial charge >= 0.3 is 0 Å². The quantitative estimate of drug-likeness (QED) is 0.808. The lowest BCUT2D eigenvalue weighted by atomic mass is 9.80. The normalized spacial score (nSPS) is 21.7. The number of hydrogen-bond acceptors (Lipinski definition) is 3. The molecule has 0 spiro atoms. The summed E-state index contributed by atoms with van der Waals surface area (Å²) < 4.78 is 0. The van der Waals surface area contributed by atoms with Gasteiger partial charge in [0.25, 0.3) is 0 Å². The third-order valence-electron chi connectivity index (χ3n) is 5.04. The molecule has 1 aliphatic heterocycles. The largest absolute Gasteiger partial charge is 0.394 e. The lowest BCUT2D eigenvalue weighted by molar-refractivity contribution is -0.142. The highest BCUT2D eigenvalue weighted by Gasteiger charge is 2.41. The Morgan fingerprint density at radius 3 is 2.69 bits per heavy atom. The minimum Gasteiger partial charge on any atom is -0.394 e. The van der Waals surface area contributed by atoms with E-state index >= 15 is 0 Å². The Morgan fingerprint density at radius 1 is 1.27 bits per heavy atom. The van der Waals surface area contributed by atoms with E-state index in [1.54, 1.807) is 12.3 Å². The number of halogens is 2. The Balaban J connectivity index is 2.09. The van der Waals surface area contributed by atoms with Gasteiger partial charge in [-0.3, -0.25) is 9.78 Å². The summed E-state index contributed by atoms with van der Waals surface area (Å²) in [5, 5.41) is 11.1. The molecule has 1 aromatic heterocycles. The van der Waals surface area contributed by atoms with Crippen LogP contribution in [0.2, 0.25) is 10.0 Å². The van der Waals surface area contributed by atoms with E-state index in [-0.39, 0.29) is 30.5 Å². The highest BCUT2D eigenvalue weighted by molar-refractivity contribution is 6.30. The van der Waals surface area contributed by atoms with Gasteiger partial charge in [-0.05, 0) is 42.7 Å². The van der Waals surface area contributed by atoms with Crippen molar-refractivity contribution in [1.29, 1.82) is 0 Å². The van der Waals surface area contributed by atoms with Crippen molar-refractivity contribution in [3.63, 3.8) is 0 Å². The number of aliphatic hydroxyl groups is 1. The topological polar surface area (TPSA) is 53.4 Å². The van der Waals surface area contributed by atoms with E-state index in [0.29, 0.717) is 29.3 Å². The second-order valence-corrected chi connectivity index (χ2v) is 7.46. The molecule has 1 aliphatic rings. The molecule has 1 saturated heterocycles. The molecule has 1 amide bonds. The van der Waals surface area contributed by atoms with Crippen molar-refractivity contribution in [2.45, 2.75) is 44.2 Å². The molecule has 26 heavy (non-hydrogen) atoms. The van der Waals surface area contributed by atoms with Gasteiger partial charge < -0.3 is 10.0 Å². The second kappa shape index (κ2) is 8.38. The summed E-state index contributed by atoms with van der Waals surface area (Å²) >= 11 is 12.2. The summed E-state index contributed by atoms with van der Waals surface area (Å²) in [7, 11) is 0. The Morgan fingerprint density at radius 2 is 2.08 bits per heavy atom. The number of amides is 1. The summed E-state index contributed by atoms with van der Waals surface area (Å²) in [5.74, 6) is 0.103. The van der Waals surface area contributed by atoms with Gasteiger partial charge in [0.2, 0.25) is 5.91 Å². The molecule has 138 valence electrons. The third kappa shape index (κ3) is 3.88. The third-order valence-corrected chi connectivity index (χ3v) is 5.50. The highest BCUT2D eigenvalue weighted by atomic mass is 35.5. The number of aromatic nitrogens is 1. The van der Waals surface area contributed by atoms with Crippen molar-refractivity contribution in [1.82, 2.24) is 9.88 Å². The zero-order valence-electron chi connectivity index (χ0n) is 14.6. The van der Waals surface area contributed by atoms with Crippen molar-refractivity contribution in [3.05, 3.63) is 63.9 Å². The van der Waals surface area contributed by atoms with Crippen LogP contribution in [0.3, 0.4) is 0 Å². The number of carbonyl (C=O) groups excluding carboxylic acids is 1. The molecule has 3 atom stereocenters. The van der Waals surface area contributed by atoms with Crippen molar-refractivity contribution in [2.24, 2.45) is 0 Å². The van der Waals surface area contributed by atoms with Crippen LogP contribution in [0, 0.1) is 0 Å². The molecule has 3 rings (SSSR count). The number of likely N-dealkylation sites (tertiary alicyclic amines) is 1. The first kappa shape index (κ1) is 19.2. The van der Waals surface area contributed by atoms with E-state index in [1.165, 1.54) is 0 Å². The lowest BCUT2D eigenvalue weighted by Gasteiger charge is -2.44. The molecule has 6 heteroatoms. The predicted octanol–water partition coefficient (Wildman–Crippen LogP) is 4.61. The molecule has 1 fully saturated rings. The molecule has 1 N–H and O–H groups in total. The molecule has 4 nitrogen and oxygen atoms in total. The first-order chi connectivity index (χ1) is 12.5. The van der Waals surface area contributed by atoms with Crippen LogP contribution < -0.4 is 0 Å². The average Bonchev–Trinajstić information content (AvgIpc) is 2.64. The number of carbonyl (C=O) groups is 1. The van der Waals surface area contributed by atoms with Crippen LogP contribution in [-0.4, -0.2) is 33.5 Å². The standard InChI is InChI=1S/C20H22Cl2N2O2/c1-2-16(12-25)24-19(26)9-7-17(13-4-3-5-14(21)10-13)20(24)18-8-6-15(22)11-23-18/h3-6,8,10-11,16-17,20,25H,2,7,9,12H2,1H3/t16-,17+,20-/m0/s1. The maximum atomic E-state index is 12.8. The number of nitrogens with zero attached hydrogens (tertiary/aromatic N) is 2. The zero-order valence-corrected chi connectivity index (χ0v) is 16.1. The number of pyridine rings is 1. The minimum absolute atomic E-state index is 0.0472. The Labute approximate surface area is 163 Å². The van der Waals surface area contributed by atoms with Crippen LogP contribution in [0.4, 0.5) is 0 Å². The minimum atomic E-state index is -0.260. The molecule has 0 bridgehead atoms. The summed E-state index contributed by atoms with van der Waals surface area (Å²) in [6.45, 7) is 1.90.